The first-order valence-electron chi connectivity index (χ1n) is 13.9. The number of benzene rings is 2. The molecule has 2 aromatic carbocycles. The van der Waals surface area contributed by atoms with E-state index in [9.17, 15) is 4.79 Å². The molecule has 10 heteroatoms. The molecule has 216 valence electrons. The van der Waals surface area contributed by atoms with Crippen molar-refractivity contribution in [3.8, 4) is 17.1 Å². The fraction of sp³-hybridized carbons (Fsp3) is 0.387. The number of anilines is 1. The van der Waals surface area contributed by atoms with Gasteiger partial charge in [-0.3, -0.25) is 4.79 Å². The molecule has 0 saturated carbocycles. The smallest absolute Gasteiger partial charge is 0.258 e. The Hall–Kier alpha value is -3.66. The molecule has 0 bridgehead atoms. The number of hydrogen-bond donors (Lipinski definition) is 4. The number of halogens is 1. The van der Waals surface area contributed by atoms with Crippen LogP contribution in [0, 0.1) is 0 Å². The molecule has 1 amide bonds. The number of fused-ring (bicyclic) bond motifs is 1. The second-order valence-electron chi connectivity index (χ2n) is 11.6. The maximum absolute atomic E-state index is 12.3. The van der Waals surface area contributed by atoms with E-state index in [0.717, 1.165) is 42.7 Å². The van der Waals surface area contributed by atoms with Crippen LogP contribution in [0.3, 0.4) is 0 Å². The van der Waals surface area contributed by atoms with Gasteiger partial charge in [-0.05, 0) is 77.2 Å². The largest absolute Gasteiger partial charge is 0.484 e. The second-order valence-corrected chi connectivity index (χ2v) is 12.0. The summed E-state index contributed by atoms with van der Waals surface area (Å²) < 4.78 is 5.71. The minimum Gasteiger partial charge on any atom is -0.484 e. The van der Waals surface area contributed by atoms with Gasteiger partial charge in [-0.1, -0.05) is 41.9 Å². The molecule has 3 heterocycles. The van der Waals surface area contributed by atoms with Gasteiger partial charge in [0.15, 0.2) is 12.3 Å². The van der Waals surface area contributed by atoms with Crippen LogP contribution in [0.1, 0.15) is 25.8 Å². The molecule has 0 radical (unpaired) electrons. The number of ether oxygens (including phenoxy) is 1. The topological polar surface area (TPSA) is 107 Å². The monoisotopic (exact) mass is 575 g/mol. The summed E-state index contributed by atoms with van der Waals surface area (Å²) >= 11 is 6.70. The number of hydrogen-bond acceptors (Lipinski definition) is 7. The number of carbonyl (C=O) groups is 1. The molecule has 2 aromatic heterocycles. The van der Waals surface area contributed by atoms with Gasteiger partial charge in [0.1, 0.15) is 17.1 Å². The zero-order valence-corrected chi connectivity index (χ0v) is 24.8. The number of rotatable bonds is 11. The number of likely N-dealkylation sites (N-methyl/N-ethyl adjacent to an activating group) is 1. The molecule has 1 aliphatic heterocycles. The van der Waals surface area contributed by atoms with Crippen LogP contribution in [0.15, 0.2) is 60.8 Å². The third-order valence-electron chi connectivity index (χ3n) is 7.92. The number of imidazole rings is 1. The third kappa shape index (κ3) is 6.81. The van der Waals surface area contributed by atoms with E-state index in [1.807, 2.05) is 44.4 Å². The predicted octanol–water partition coefficient (Wildman–Crippen LogP) is 4.50. The number of nitrogens with one attached hydrogen (secondary N) is 4. The molecule has 4 N–H and O–H groups in total. The van der Waals surface area contributed by atoms with Crippen molar-refractivity contribution in [2.75, 3.05) is 45.7 Å². The number of aromatic nitrogens is 3. The van der Waals surface area contributed by atoms with Crippen molar-refractivity contribution >= 4 is 34.4 Å². The molecular weight excluding hydrogens is 538 g/mol. The lowest BCUT2D eigenvalue weighted by molar-refractivity contribution is -0.123. The predicted molar refractivity (Wildman–Crippen MR) is 165 cm³/mol. The van der Waals surface area contributed by atoms with Gasteiger partial charge in [-0.25, -0.2) is 9.97 Å². The normalized spacial score (nSPS) is 17.2. The Balaban J connectivity index is 1.29. The minimum atomic E-state index is -0.182. The standard InChI is InChI=1S/C31H38ClN7O2/c1-30(2,39(3)4)19-35-25(40)18-41-23-12-10-22(11-13-23)28-36-27-26(24(32)17-34-29(27)37-28)38-31(14-15-33-20-31)16-21-8-6-5-7-9-21/h5-13,17,33H,14-16,18-20H2,1-4H3,(H,35,40)(H2,34,36,37,38)/t31-/m1/s1. The molecule has 0 aliphatic carbocycles. The van der Waals surface area contributed by atoms with Crippen LogP contribution in [0.5, 0.6) is 5.75 Å². The molecule has 0 spiro atoms. The average Bonchev–Trinajstić information content (AvgIpc) is 3.61. The molecule has 1 saturated heterocycles. The number of nitrogens with zero attached hydrogens (tertiary/aromatic N) is 3. The zero-order valence-electron chi connectivity index (χ0n) is 24.1. The van der Waals surface area contributed by atoms with E-state index in [-0.39, 0.29) is 23.6 Å². The fourth-order valence-corrected chi connectivity index (χ4v) is 5.06. The van der Waals surface area contributed by atoms with Crippen molar-refractivity contribution in [3.05, 3.63) is 71.4 Å². The molecule has 41 heavy (non-hydrogen) atoms. The van der Waals surface area contributed by atoms with Gasteiger partial charge in [-0.2, -0.15) is 0 Å². The van der Waals surface area contributed by atoms with Crippen molar-refractivity contribution in [1.29, 1.82) is 0 Å². The van der Waals surface area contributed by atoms with E-state index in [1.165, 1.54) is 5.56 Å². The van der Waals surface area contributed by atoms with Gasteiger partial charge in [0, 0.05) is 24.2 Å². The summed E-state index contributed by atoms with van der Waals surface area (Å²) in [7, 11) is 3.98. The van der Waals surface area contributed by atoms with Crippen molar-refractivity contribution in [1.82, 2.24) is 30.5 Å². The fourth-order valence-electron chi connectivity index (χ4n) is 4.87. The SMILES string of the molecule is CN(C)C(C)(C)CNC(=O)COc1ccc(-c2nc3ncc(Cl)c(N[C@@]4(Cc5ccccc5)CCNC4)c3[nH]2)cc1. The van der Waals surface area contributed by atoms with Gasteiger partial charge in [0.05, 0.1) is 22.4 Å². The molecule has 1 aliphatic rings. The quantitative estimate of drug-likeness (QED) is 0.209. The van der Waals surface area contributed by atoms with Gasteiger partial charge in [-0.15, -0.1) is 0 Å². The van der Waals surface area contributed by atoms with Gasteiger partial charge in [0.2, 0.25) is 0 Å². The molecule has 5 rings (SSSR count). The number of carbonyl (C=O) groups excluding carboxylic acids is 1. The maximum atomic E-state index is 12.3. The van der Waals surface area contributed by atoms with E-state index < -0.39 is 0 Å². The van der Waals surface area contributed by atoms with Crippen LogP contribution >= 0.6 is 11.6 Å². The van der Waals surface area contributed by atoms with E-state index in [2.05, 4.69) is 68.9 Å². The first kappa shape index (κ1) is 28.9. The Morgan fingerprint density at radius 3 is 2.59 bits per heavy atom. The lowest BCUT2D eigenvalue weighted by Crippen LogP contribution is -2.48. The summed E-state index contributed by atoms with van der Waals surface area (Å²) in [6.45, 7) is 6.39. The maximum Gasteiger partial charge on any atom is 0.258 e. The highest BCUT2D eigenvalue weighted by Crippen LogP contribution is 2.35. The summed E-state index contributed by atoms with van der Waals surface area (Å²) in [6, 6.07) is 18.0. The number of aromatic amines is 1. The van der Waals surface area contributed by atoms with Gasteiger partial charge in [0.25, 0.3) is 5.91 Å². The highest BCUT2D eigenvalue weighted by molar-refractivity contribution is 6.34. The third-order valence-corrected chi connectivity index (χ3v) is 8.21. The van der Waals surface area contributed by atoms with Crippen LogP contribution in [0.25, 0.3) is 22.6 Å². The zero-order chi connectivity index (χ0) is 29.0. The van der Waals surface area contributed by atoms with Crippen molar-refractivity contribution in [2.24, 2.45) is 0 Å². The summed E-state index contributed by atoms with van der Waals surface area (Å²) in [4.78, 5) is 27.0. The number of H-pyrrole nitrogens is 1. The Labute approximate surface area is 246 Å². The molecule has 4 aromatic rings. The van der Waals surface area contributed by atoms with Crippen LogP contribution in [-0.4, -0.2) is 77.2 Å². The van der Waals surface area contributed by atoms with Crippen LogP contribution < -0.4 is 20.7 Å². The Morgan fingerprint density at radius 2 is 1.90 bits per heavy atom. The van der Waals surface area contributed by atoms with E-state index in [4.69, 9.17) is 21.3 Å². The first-order valence-corrected chi connectivity index (χ1v) is 14.3. The lowest BCUT2D eigenvalue weighted by atomic mass is 9.89. The first-order chi connectivity index (χ1) is 19.6. The Morgan fingerprint density at radius 1 is 1.15 bits per heavy atom. The van der Waals surface area contributed by atoms with E-state index >= 15 is 0 Å². The number of amides is 1. The van der Waals surface area contributed by atoms with E-state index in [1.54, 1.807) is 6.20 Å². The van der Waals surface area contributed by atoms with Crippen molar-refractivity contribution in [3.63, 3.8) is 0 Å². The average molecular weight is 576 g/mol. The molecule has 9 nitrogen and oxygen atoms in total. The van der Waals surface area contributed by atoms with Crippen LogP contribution in [-0.2, 0) is 11.2 Å². The van der Waals surface area contributed by atoms with Crippen LogP contribution in [0.2, 0.25) is 5.02 Å². The molecule has 1 fully saturated rings. The summed E-state index contributed by atoms with van der Waals surface area (Å²) in [5.74, 6) is 1.12. The van der Waals surface area contributed by atoms with E-state index in [0.29, 0.717) is 28.8 Å². The molecule has 1 atom stereocenters. The number of pyridine rings is 1. The lowest BCUT2D eigenvalue weighted by Gasteiger charge is -2.32. The second kappa shape index (κ2) is 12.1. The summed E-state index contributed by atoms with van der Waals surface area (Å²) in [6.07, 6.45) is 3.49. The summed E-state index contributed by atoms with van der Waals surface area (Å²) in [5, 5.41) is 10.8. The highest BCUT2D eigenvalue weighted by atomic mass is 35.5. The Kier molecular flexibility index (Phi) is 8.49. The molecule has 0 unspecified atom stereocenters. The van der Waals surface area contributed by atoms with Gasteiger partial charge >= 0.3 is 0 Å². The van der Waals surface area contributed by atoms with Crippen molar-refractivity contribution < 1.29 is 9.53 Å². The Bertz CT molecular complexity index is 1480. The van der Waals surface area contributed by atoms with Crippen molar-refractivity contribution in [2.45, 2.75) is 37.8 Å². The molecular formula is C31H38ClN7O2. The van der Waals surface area contributed by atoms with Gasteiger partial charge < -0.3 is 30.6 Å². The minimum absolute atomic E-state index is 0.0511. The highest BCUT2D eigenvalue weighted by Gasteiger charge is 2.35. The summed E-state index contributed by atoms with van der Waals surface area (Å²) in [5.41, 5.74) is 3.98. The van der Waals surface area contributed by atoms with Crippen LogP contribution in [0.4, 0.5) is 5.69 Å².